The van der Waals surface area contributed by atoms with Gasteiger partial charge in [0.15, 0.2) is 0 Å². The molecular weight excluding hydrogens is 522 g/mol. The van der Waals surface area contributed by atoms with Gasteiger partial charge in [-0.05, 0) is 72.1 Å². The van der Waals surface area contributed by atoms with E-state index in [1.54, 1.807) is 0 Å². The summed E-state index contributed by atoms with van der Waals surface area (Å²) in [6.07, 6.45) is 4.15. The van der Waals surface area contributed by atoms with Crippen LogP contribution in [0.3, 0.4) is 0 Å². The molecule has 0 amide bonds. The molecule has 0 aromatic heterocycles. The van der Waals surface area contributed by atoms with Gasteiger partial charge in [-0.25, -0.2) is 5.01 Å². The summed E-state index contributed by atoms with van der Waals surface area (Å²) in [4.78, 5) is 2.26. The van der Waals surface area contributed by atoms with E-state index in [2.05, 4.69) is 151 Å². The largest absolute Gasteiger partial charge is 0.317 e. The van der Waals surface area contributed by atoms with Gasteiger partial charge < -0.3 is 4.90 Å². The third kappa shape index (κ3) is 6.80. The normalized spacial score (nSPS) is 10.8. The Morgan fingerprint density at radius 2 is 0.884 bits per heavy atom. The predicted octanol–water partition coefficient (Wildman–Crippen LogP) is 10.4. The van der Waals surface area contributed by atoms with Crippen molar-refractivity contribution >= 4 is 34.5 Å². The van der Waals surface area contributed by atoms with E-state index >= 15 is 0 Å². The number of para-hydroxylation sites is 2. The topological polar surface area (TPSA) is 18.8 Å². The molecule has 0 fully saturated rings. The Morgan fingerprint density at radius 1 is 0.465 bits per heavy atom. The fourth-order valence-corrected chi connectivity index (χ4v) is 4.95. The van der Waals surface area contributed by atoms with Crippen LogP contribution >= 0.6 is 0 Å². The molecule has 0 unspecified atom stereocenters. The highest BCUT2D eigenvalue weighted by Gasteiger charge is 2.12. The quantitative estimate of drug-likeness (QED) is 0.131. The van der Waals surface area contributed by atoms with E-state index in [4.69, 9.17) is 5.10 Å². The molecule has 0 spiro atoms. The van der Waals surface area contributed by atoms with Crippen LogP contribution in [0.1, 0.15) is 22.3 Å². The van der Waals surface area contributed by atoms with Crippen LogP contribution in [0.25, 0.3) is 5.57 Å². The number of aryl methyl sites for hydroxylation is 1. The van der Waals surface area contributed by atoms with Crippen molar-refractivity contribution in [3.8, 4) is 0 Å². The summed E-state index contributed by atoms with van der Waals surface area (Å²) >= 11 is 0. The molecule has 0 aliphatic rings. The summed E-state index contributed by atoms with van der Waals surface area (Å²) < 4.78 is 0. The predicted molar refractivity (Wildman–Crippen MR) is 182 cm³/mol. The number of nitrogens with zero attached hydrogens (tertiary/aromatic N) is 3. The average Bonchev–Trinajstić information content (AvgIpc) is 3.08. The lowest BCUT2D eigenvalue weighted by molar-refractivity contribution is 1.09. The molecule has 0 radical (unpaired) electrons. The number of rotatable bonds is 9. The van der Waals surface area contributed by atoms with E-state index < -0.39 is 0 Å². The fraction of sp³-hybridized carbons (Fsp3) is 0.0250. The van der Waals surface area contributed by atoms with Crippen LogP contribution in [-0.4, -0.2) is 6.21 Å². The van der Waals surface area contributed by atoms with Crippen LogP contribution in [-0.2, 0) is 0 Å². The molecule has 0 bridgehead atoms. The Balaban J connectivity index is 1.37. The smallest absolute Gasteiger partial charge is 0.0652 e. The van der Waals surface area contributed by atoms with Crippen LogP contribution in [0.2, 0.25) is 0 Å². The molecule has 0 saturated heterocycles. The van der Waals surface area contributed by atoms with Crippen molar-refractivity contribution in [2.75, 3.05) is 9.91 Å². The third-order valence-corrected chi connectivity index (χ3v) is 7.23. The second-order valence-electron chi connectivity index (χ2n) is 10.3. The molecule has 0 saturated carbocycles. The van der Waals surface area contributed by atoms with E-state index in [-0.39, 0.29) is 0 Å². The number of hydrazone groups is 1. The zero-order valence-electron chi connectivity index (χ0n) is 24.2. The molecule has 3 heteroatoms. The molecule has 0 N–H and O–H groups in total. The van der Waals surface area contributed by atoms with Gasteiger partial charge in [0.2, 0.25) is 0 Å². The summed E-state index contributed by atoms with van der Waals surface area (Å²) in [5.74, 6) is 0. The van der Waals surface area contributed by atoms with Gasteiger partial charge in [0.1, 0.15) is 0 Å². The molecule has 0 aliphatic heterocycles. The summed E-state index contributed by atoms with van der Waals surface area (Å²) in [5.41, 5.74) is 9.88. The Kier molecular flexibility index (Phi) is 8.52. The minimum Gasteiger partial charge on any atom is -0.317 e. The van der Waals surface area contributed by atoms with Gasteiger partial charge in [-0.2, -0.15) is 5.10 Å². The Hall–Kier alpha value is -5.67. The zero-order valence-corrected chi connectivity index (χ0v) is 24.2. The summed E-state index contributed by atoms with van der Waals surface area (Å²) in [5, 5.41) is 6.85. The number of anilines is 4. The maximum absolute atomic E-state index is 4.89. The number of hydrogen-bond acceptors (Lipinski definition) is 3. The van der Waals surface area contributed by atoms with Gasteiger partial charge in [0.05, 0.1) is 17.6 Å². The molecule has 208 valence electrons. The lowest BCUT2D eigenvalue weighted by Crippen LogP contribution is -2.11. The van der Waals surface area contributed by atoms with E-state index in [0.717, 1.165) is 45.0 Å². The highest BCUT2D eigenvalue weighted by molar-refractivity contribution is 5.86. The van der Waals surface area contributed by atoms with Crippen molar-refractivity contribution in [3.05, 3.63) is 198 Å². The first kappa shape index (κ1) is 27.5. The molecule has 6 aromatic carbocycles. The van der Waals surface area contributed by atoms with E-state index in [1.165, 1.54) is 5.56 Å². The first-order valence-electron chi connectivity index (χ1n) is 14.5. The molecule has 43 heavy (non-hydrogen) atoms. The van der Waals surface area contributed by atoms with Gasteiger partial charge in [-0.3, -0.25) is 0 Å². The van der Waals surface area contributed by atoms with Crippen molar-refractivity contribution in [2.45, 2.75) is 6.92 Å². The highest BCUT2D eigenvalue weighted by atomic mass is 15.5. The van der Waals surface area contributed by atoms with Crippen LogP contribution in [0.4, 0.5) is 22.7 Å². The Bertz CT molecular complexity index is 1700. The molecule has 0 aliphatic carbocycles. The van der Waals surface area contributed by atoms with Crippen LogP contribution in [0, 0.1) is 6.92 Å². The third-order valence-electron chi connectivity index (χ3n) is 7.23. The maximum Gasteiger partial charge on any atom is 0.0652 e. The van der Waals surface area contributed by atoms with Gasteiger partial charge in [-0.1, -0.05) is 127 Å². The lowest BCUT2D eigenvalue weighted by Gasteiger charge is -2.24. The van der Waals surface area contributed by atoms with Gasteiger partial charge in [0.25, 0.3) is 0 Å². The summed E-state index contributed by atoms with van der Waals surface area (Å²) in [7, 11) is 0. The molecule has 6 rings (SSSR count). The van der Waals surface area contributed by atoms with Gasteiger partial charge in [0, 0.05) is 23.1 Å². The molecular formula is C40H33N3. The molecule has 3 nitrogen and oxygen atoms in total. The number of hydrogen-bond donors (Lipinski definition) is 0. The SMILES string of the molecule is Cc1ccc(N(C=C(c2ccccc2)c2ccccc2)c2ccc(/C=N/N(c3ccccc3)c3ccccc3)cc2)cc1. The standard InChI is InChI=1S/C40H33N3/c1-32-22-26-36(27-23-32)42(31-40(34-14-6-2-7-15-34)35-16-8-3-9-17-35)37-28-24-33(25-29-37)30-41-43(38-18-10-4-11-19-38)39-20-12-5-13-21-39/h2-31H,1H3/b41-30+. The van der Waals surface area contributed by atoms with E-state index in [0.29, 0.717) is 0 Å². The minimum absolute atomic E-state index is 1.01. The van der Waals surface area contributed by atoms with Crippen molar-refractivity contribution in [3.63, 3.8) is 0 Å². The zero-order chi connectivity index (χ0) is 29.3. The monoisotopic (exact) mass is 555 g/mol. The average molecular weight is 556 g/mol. The highest BCUT2D eigenvalue weighted by Crippen LogP contribution is 2.32. The van der Waals surface area contributed by atoms with Gasteiger partial charge >= 0.3 is 0 Å². The molecule has 6 aromatic rings. The van der Waals surface area contributed by atoms with Crippen molar-refractivity contribution in [1.29, 1.82) is 0 Å². The molecule has 0 atom stereocenters. The van der Waals surface area contributed by atoms with E-state index in [9.17, 15) is 0 Å². The lowest BCUT2D eigenvalue weighted by atomic mass is 9.98. The number of benzene rings is 6. The van der Waals surface area contributed by atoms with Crippen LogP contribution in [0.5, 0.6) is 0 Å². The Morgan fingerprint density at radius 3 is 1.35 bits per heavy atom. The van der Waals surface area contributed by atoms with Crippen molar-refractivity contribution in [1.82, 2.24) is 0 Å². The first-order chi connectivity index (χ1) is 21.2. The van der Waals surface area contributed by atoms with E-state index in [1.807, 2.05) is 47.6 Å². The second-order valence-corrected chi connectivity index (χ2v) is 10.3. The van der Waals surface area contributed by atoms with Gasteiger partial charge in [-0.15, -0.1) is 0 Å². The maximum atomic E-state index is 4.89. The van der Waals surface area contributed by atoms with Crippen molar-refractivity contribution in [2.24, 2.45) is 5.10 Å². The fourth-order valence-electron chi connectivity index (χ4n) is 4.95. The van der Waals surface area contributed by atoms with Crippen LogP contribution < -0.4 is 9.91 Å². The van der Waals surface area contributed by atoms with Crippen molar-refractivity contribution < 1.29 is 0 Å². The first-order valence-corrected chi connectivity index (χ1v) is 14.5. The molecule has 0 heterocycles. The Labute approximate surface area is 254 Å². The second kappa shape index (κ2) is 13.3. The minimum atomic E-state index is 1.01. The summed E-state index contributed by atoms with van der Waals surface area (Å²) in [6.45, 7) is 2.12. The van der Waals surface area contributed by atoms with Crippen LogP contribution in [0.15, 0.2) is 181 Å². The summed E-state index contributed by atoms with van der Waals surface area (Å²) in [6, 6.07) is 58.7.